The Balaban J connectivity index is 2.40. The van der Waals surface area contributed by atoms with Crippen LogP contribution >= 0.6 is 22.6 Å². The van der Waals surface area contributed by atoms with Crippen LogP contribution in [0.5, 0.6) is 0 Å². The molecule has 9 heavy (non-hydrogen) atoms. The van der Waals surface area contributed by atoms with Gasteiger partial charge in [0, 0.05) is 6.61 Å². The SMILES string of the molecule is OC(I)[C@H]1OCC[C@@H]1O. The lowest BCUT2D eigenvalue weighted by molar-refractivity contribution is -0.00365. The lowest BCUT2D eigenvalue weighted by Gasteiger charge is -2.14. The average Bonchev–Trinajstić information content (AvgIpc) is 2.13. The molecule has 0 amide bonds. The standard InChI is InChI=1S/C5H9IO3/c6-5(8)4-3(7)1-2-9-4/h3-5,7-8H,1-2H2/t3-,4-,5?/m0/s1. The summed E-state index contributed by atoms with van der Waals surface area (Å²) in [6.07, 6.45) is -0.201. The van der Waals surface area contributed by atoms with Crippen molar-refractivity contribution in [3.8, 4) is 0 Å². The molecule has 3 nitrogen and oxygen atoms in total. The minimum atomic E-state index is -0.583. The van der Waals surface area contributed by atoms with Crippen molar-refractivity contribution < 1.29 is 14.9 Å². The Labute approximate surface area is 67.2 Å². The molecule has 1 rings (SSSR count). The van der Waals surface area contributed by atoms with Gasteiger partial charge in [0.2, 0.25) is 0 Å². The third kappa shape index (κ3) is 1.76. The Morgan fingerprint density at radius 2 is 2.33 bits per heavy atom. The van der Waals surface area contributed by atoms with Gasteiger partial charge in [-0.05, 0) is 29.0 Å². The maximum Gasteiger partial charge on any atom is 0.133 e. The zero-order valence-electron chi connectivity index (χ0n) is 4.83. The highest BCUT2D eigenvalue weighted by Gasteiger charge is 2.30. The Bertz CT molecular complexity index is 96.2. The van der Waals surface area contributed by atoms with Gasteiger partial charge in [-0.3, -0.25) is 0 Å². The van der Waals surface area contributed by atoms with E-state index in [9.17, 15) is 0 Å². The molecule has 0 aliphatic carbocycles. The minimum Gasteiger partial charge on any atom is -0.390 e. The van der Waals surface area contributed by atoms with Gasteiger partial charge in [-0.1, -0.05) is 0 Å². The van der Waals surface area contributed by atoms with Crippen LogP contribution in [0.3, 0.4) is 0 Å². The Morgan fingerprint density at radius 1 is 1.67 bits per heavy atom. The molecule has 1 saturated heterocycles. The number of halogens is 1. The summed E-state index contributed by atoms with van der Waals surface area (Å²) < 4.78 is 4.44. The van der Waals surface area contributed by atoms with E-state index < -0.39 is 10.2 Å². The second-order valence-corrected chi connectivity index (χ2v) is 3.34. The molecule has 0 spiro atoms. The van der Waals surface area contributed by atoms with E-state index in [4.69, 9.17) is 14.9 Å². The third-order valence-corrected chi connectivity index (χ3v) is 2.08. The van der Waals surface area contributed by atoms with E-state index in [1.54, 1.807) is 0 Å². The van der Waals surface area contributed by atoms with Crippen LogP contribution in [0.2, 0.25) is 0 Å². The number of rotatable bonds is 1. The molecule has 4 heteroatoms. The topological polar surface area (TPSA) is 49.7 Å². The molecule has 1 unspecified atom stereocenters. The fourth-order valence-corrected chi connectivity index (χ4v) is 1.55. The van der Waals surface area contributed by atoms with Gasteiger partial charge < -0.3 is 14.9 Å². The predicted octanol–water partition coefficient (Wildman–Crippen LogP) is -0.110. The van der Waals surface area contributed by atoms with Gasteiger partial charge in [-0.25, -0.2) is 0 Å². The van der Waals surface area contributed by atoms with Crippen LogP contribution in [0.4, 0.5) is 0 Å². The molecule has 0 saturated carbocycles. The second-order valence-electron chi connectivity index (χ2n) is 2.06. The molecule has 0 radical (unpaired) electrons. The molecule has 54 valence electrons. The predicted molar refractivity (Wildman–Crippen MR) is 40.4 cm³/mol. The summed E-state index contributed by atoms with van der Waals surface area (Å²) in [5.74, 6) is 0. The summed E-state index contributed by atoms with van der Waals surface area (Å²) in [6, 6.07) is 0. The molecule has 0 aromatic carbocycles. The van der Waals surface area contributed by atoms with Gasteiger partial charge >= 0.3 is 0 Å². The average molecular weight is 244 g/mol. The van der Waals surface area contributed by atoms with Crippen LogP contribution in [-0.4, -0.2) is 33.1 Å². The van der Waals surface area contributed by atoms with Crippen LogP contribution in [0.15, 0.2) is 0 Å². The van der Waals surface area contributed by atoms with Crippen molar-refractivity contribution in [3.05, 3.63) is 0 Å². The quantitative estimate of drug-likeness (QED) is 0.499. The normalized spacial score (nSPS) is 39.0. The van der Waals surface area contributed by atoms with E-state index >= 15 is 0 Å². The largest absolute Gasteiger partial charge is 0.390 e. The number of ether oxygens (including phenoxy) is 1. The van der Waals surface area contributed by atoms with Gasteiger partial charge in [0.1, 0.15) is 10.2 Å². The molecule has 0 bridgehead atoms. The molecule has 3 atom stereocenters. The highest BCUT2D eigenvalue weighted by molar-refractivity contribution is 14.1. The number of hydrogen-bond acceptors (Lipinski definition) is 3. The summed E-state index contributed by atoms with van der Waals surface area (Å²) in [5, 5.41) is 18.0. The highest BCUT2D eigenvalue weighted by atomic mass is 127. The van der Waals surface area contributed by atoms with Crippen LogP contribution in [0, 0.1) is 0 Å². The number of alkyl halides is 1. The smallest absolute Gasteiger partial charge is 0.133 e. The zero-order valence-corrected chi connectivity index (χ0v) is 6.98. The molecule has 1 aliphatic rings. The van der Waals surface area contributed by atoms with Crippen LogP contribution < -0.4 is 0 Å². The van der Waals surface area contributed by atoms with Crippen molar-refractivity contribution in [2.24, 2.45) is 0 Å². The van der Waals surface area contributed by atoms with E-state index in [0.717, 1.165) is 0 Å². The van der Waals surface area contributed by atoms with Crippen molar-refractivity contribution in [3.63, 3.8) is 0 Å². The fourth-order valence-electron chi connectivity index (χ4n) is 0.863. The van der Waals surface area contributed by atoms with Crippen molar-refractivity contribution in [2.45, 2.75) is 22.7 Å². The first-order chi connectivity index (χ1) is 4.22. The zero-order chi connectivity index (χ0) is 6.85. The maximum atomic E-state index is 9.07. The van der Waals surface area contributed by atoms with E-state index in [2.05, 4.69) is 0 Å². The van der Waals surface area contributed by atoms with Gasteiger partial charge in [-0.2, -0.15) is 0 Å². The summed E-state index contributed by atoms with van der Waals surface area (Å²) in [5.41, 5.74) is 0. The lowest BCUT2D eigenvalue weighted by Crippen LogP contribution is -2.29. The van der Waals surface area contributed by atoms with Crippen LogP contribution in [0.1, 0.15) is 6.42 Å². The number of aliphatic hydroxyl groups is 2. The summed E-state index contributed by atoms with van der Waals surface area (Å²) in [4.78, 5) is 0. The van der Waals surface area contributed by atoms with Crippen LogP contribution in [0.25, 0.3) is 0 Å². The first kappa shape index (κ1) is 7.71. The van der Waals surface area contributed by atoms with Gasteiger partial charge in [0.25, 0.3) is 0 Å². The molecular weight excluding hydrogens is 235 g/mol. The Kier molecular flexibility index (Phi) is 2.69. The fraction of sp³-hybridized carbons (Fsp3) is 1.00. The van der Waals surface area contributed by atoms with Gasteiger partial charge in [0.05, 0.1) is 6.10 Å². The molecule has 1 aliphatic heterocycles. The Morgan fingerprint density at radius 3 is 2.56 bits per heavy atom. The molecule has 0 aromatic rings. The third-order valence-electron chi connectivity index (χ3n) is 1.37. The number of aliphatic hydroxyl groups excluding tert-OH is 2. The summed E-state index contributed by atoms with van der Waals surface area (Å²) in [7, 11) is 0. The maximum absolute atomic E-state index is 9.07. The van der Waals surface area contributed by atoms with Gasteiger partial charge in [-0.15, -0.1) is 0 Å². The van der Waals surface area contributed by atoms with E-state index in [1.165, 1.54) is 0 Å². The molecule has 1 heterocycles. The number of hydrogen-bond donors (Lipinski definition) is 2. The van der Waals surface area contributed by atoms with E-state index in [1.807, 2.05) is 22.6 Å². The molecular formula is C5H9IO3. The van der Waals surface area contributed by atoms with Crippen molar-refractivity contribution in [2.75, 3.05) is 6.61 Å². The first-order valence-electron chi connectivity index (χ1n) is 2.83. The molecule has 1 fully saturated rings. The second kappa shape index (κ2) is 3.14. The lowest BCUT2D eigenvalue weighted by atomic mass is 10.2. The Hall–Kier alpha value is 0.610. The summed E-state index contributed by atoms with van der Waals surface area (Å²) >= 11 is 1.83. The van der Waals surface area contributed by atoms with Gasteiger partial charge in [0.15, 0.2) is 0 Å². The molecule has 2 N–H and O–H groups in total. The van der Waals surface area contributed by atoms with E-state index in [0.29, 0.717) is 13.0 Å². The monoisotopic (exact) mass is 244 g/mol. The van der Waals surface area contributed by atoms with Crippen molar-refractivity contribution >= 4 is 22.6 Å². The van der Waals surface area contributed by atoms with E-state index in [-0.39, 0.29) is 6.10 Å². The highest BCUT2D eigenvalue weighted by Crippen LogP contribution is 2.19. The molecule has 0 aromatic heterocycles. The van der Waals surface area contributed by atoms with Crippen molar-refractivity contribution in [1.82, 2.24) is 0 Å². The minimum absolute atomic E-state index is 0.370. The van der Waals surface area contributed by atoms with Crippen molar-refractivity contribution in [1.29, 1.82) is 0 Å². The first-order valence-corrected chi connectivity index (χ1v) is 4.08. The summed E-state index contributed by atoms with van der Waals surface area (Å²) in [6.45, 7) is 0.561. The van der Waals surface area contributed by atoms with Crippen LogP contribution in [-0.2, 0) is 4.74 Å².